The van der Waals surface area contributed by atoms with Crippen molar-refractivity contribution in [1.82, 2.24) is 0 Å². The Balaban J connectivity index is 2.01. The monoisotopic (exact) mass is 290 g/mol. The number of ether oxygens (including phenoxy) is 1. The summed E-state index contributed by atoms with van der Waals surface area (Å²) < 4.78 is 5.75. The van der Waals surface area contributed by atoms with Crippen molar-refractivity contribution in [3.8, 4) is 5.75 Å². The van der Waals surface area contributed by atoms with Crippen molar-refractivity contribution in [1.29, 1.82) is 0 Å². The molecule has 0 heterocycles. The maximum absolute atomic E-state index is 9.99. The molecular formula is C17H19ClO2. The van der Waals surface area contributed by atoms with E-state index < -0.39 is 6.10 Å². The third-order valence-corrected chi connectivity index (χ3v) is 3.33. The van der Waals surface area contributed by atoms with E-state index in [1.165, 1.54) is 0 Å². The third kappa shape index (κ3) is 4.26. The highest BCUT2D eigenvalue weighted by Gasteiger charge is 2.07. The fraction of sp³-hybridized carbons (Fsp3) is 0.294. The highest BCUT2D eigenvalue weighted by atomic mass is 35.5. The SMILES string of the molecule is CCCC(O)c1cccc(OCc2cccc(Cl)c2)c1. The lowest BCUT2D eigenvalue weighted by atomic mass is 10.1. The number of aliphatic hydroxyl groups is 1. The quantitative estimate of drug-likeness (QED) is 0.832. The van der Waals surface area contributed by atoms with Gasteiger partial charge >= 0.3 is 0 Å². The molecule has 2 rings (SSSR count). The Morgan fingerprint density at radius 1 is 1.15 bits per heavy atom. The second-order valence-electron chi connectivity index (χ2n) is 4.80. The van der Waals surface area contributed by atoms with Crippen molar-refractivity contribution >= 4 is 11.6 Å². The van der Waals surface area contributed by atoms with Crippen LogP contribution in [0, 0.1) is 0 Å². The molecule has 106 valence electrons. The predicted octanol–water partition coefficient (Wildman–Crippen LogP) is 4.75. The first-order valence-corrected chi connectivity index (χ1v) is 7.22. The van der Waals surface area contributed by atoms with Crippen LogP contribution in [0.1, 0.15) is 37.0 Å². The van der Waals surface area contributed by atoms with Gasteiger partial charge in [-0.25, -0.2) is 0 Å². The van der Waals surface area contributed by atoms with Crippen molar-refractivity contribution in [2.24, 2.45) is 0 Å². The molecule has 0 fully saturated rings. The molecule has 0 saturated carbocycles. The van der Waals surface area contributed by atoms with Gasteiger partial charge in [-0.15, -0.1) is 0 Å². The molecule has 0 radical (unpaired) electrons. The molecule has 2 nitrogen and oxygen atoms in total. The van der Waals surface area contributed by atoms with Gasteiger partial charge in [-0.1, -0.05) is 49.2 Å². The number of hydrogen-bond acceptors (Lipinski definition) is 2. The molecule has 0 saturated heterocycles. The van der Waals surface area contributed by atoms with Crippen LogP contribution in [0.4, 0.5) is 0 Å². The Kier molecular flexibility index (Phi) is 5.45. The predicted molar refractivity (Wildman–Crippen MR) is 82.1 cm³/mol. The molecule has 0 aliphatic heterocycles. The minimum absolute atomic E-state index is 0.422. The highest BCUT2D eigenvalue weighted by molar-refractivity contribution is 6.30. The molecule has 0 bridgehead atoms. The van der Waals surface area contributed by atoms with E-state index in [1.54, 1.807) is 0 Å². The second kappa shape index (κ2) is 7.32. The van der Waals surface area contributed by atoms with Crippen molar-refractivity contribution < 1.29 is 9.84 Å². The third-order valence-electron chi connectivity index (χ3n) is 3.10. The molecule has 1 unspecified atom stereocenters. The normalized spacial score (nSPS) is 12.2. The van der Waals surface area contributed by atoms with Crippen LogP contribution in [-0.4, -0.2) is 5.11 Å². The Bertz CT molecular complexity index is 554. The van der Waals surface area contributed by atoms with Gasteiger partial charge in [-0.05, 0) is 41.8 Å². The lowest BCUT2D eigenvalue weighted by Gasteiger charge is -2.12. The van der Waals surface area contributed by atoms with Gasteiger partial charge in [0, 0.05) is 5.02 Å². The Morgan fingerprint density at radius 2 is 1.95 bits per heavy atom. The zero-order chi connectivity index (χ0) is 14.4. The van der Waals surface area contributed by atoms with Gasteiger partial charge in [0.05, 0.1) is 6.10 Å². The summed E-state index contributed by atoms with van der Waals surface area (Å²) in [7, 11) is 0. The molecule has 1 atom stereocenters. The van der Waals surface area contributed by atoms with Crippen LogP contribution in [0.2, 0.25) is 5.02 Å². The average molecular weight is 291 g/mol. The van der Waals surface area contributed by atoms with Crippen LogP contribution >= 0.6 is 11.6 Å². The topological polar surface area (TPSA) is 29.5 Å². The van der Waals surface area contributed by atoms with Crippen molar-refractivity contribution in [2.75, 3.05) is 0 Å². The first kappa shape index (κ1) is 14.9. The van der Waals surface area contributed by atoms with Gasteiger partial charge in [-0.3, -0.25) is 0 Å². The largest absolute Gasteiger partial charge is 0.489 e. The summed E-state index contributed by atoms with van der Waals surface area (Å²) >= 11 is 5.94. The Morgan fingerprint density at radius 3 is 2.70 bits per heavy atom. The van der Waals surface area contributed by atoms with E-state index in [0.29, 0.717) is 11.6 Å². The van der Waals surface area contributed by atoms with Gasteiger partial charge in [0.2, 0.25) is 0 Å². The number of rotatable bonds is 6. The fourth-order valence-corrected chi connectivity index (χ4v) is 2.26. The van der Waals surface area contributed by atoms with Gasteiger partial charge < -0.3 is 9.84 Å². The maximum Gasteiger partial charge on any atom is 0.120 e. The van der Waals surface area contributed by atoms with Gasteiger partial charge in [-0.2, -0.15) is 0 Å². The molecule has 3 heteroatoms. The summed E-state index contributed by atoms with van der Waals surface area (Å²) in [4.78, 5) is 0. The van der Waals surface area contributed by atoms with Gasteiger partial charge in [0.15, 0.2) is 0 Å². The smallest absolute Gasteiger partial charge is 0.120 e. The molecule has 2 aromatic rings. The zero-order valence-corrected chi connectivity index (χ0v) is 12.3. The molecule has 20 heavy (non-hydrogen) atoms. The zero-order valence-electron chi connectivity index (χ0n) is 11.6. The Labute approximate surface area is 125 Å². The van der Waals surface area contributed by atoms with Crippen molar-refractivity contribution in [2.45, 2.75) is 32.5 Å². The van der Waals surface area contributed by atoms with Crippen LogP contribution in [0.15, 0.2) is 48.5 Å². The minimum atomic E-state index is -0.422. The molecule has 0 spiro atoms. The Hall–Kier alpha value is -1.51. The maximum atomic E-state index is 9.99. The first-order chi connectivity index (χ1) is 9.69. The van der Waals surface area contributed by atoms with E-state index >= 15 is 0 Å². The molecule has 0 aliphatic rings. The lowest BCUT2D eigenvalue weighted by molar-refractivity contribution is 0.166. The van der Waals surface area contributed by atoms with Crippen molar-refractivity contribution in [3.05, 3.63) is 64.7 Å². The van der Waals surface area contributed by atoms with E-state index in [2.05, 4.69) is 6.92 Å². The second-order valence-corrected chi connectivity index (χ2v) is 5.23. The molecule has 0 aliphatic carbocycles. The van der Waals surface area contributed by atoms with E-state index in [4.69, 9.17) is 16.3 Å². The minimum Gasteiger partial charge on any atom is -0.489 e. The first-order valence-electron chi connectivity index (χ1n) is 6.84. The molecular weight excluding hydrogens is 272 g/mol. The summed E-state index contributed by atoms with van der Waals surface area (Å²) in [6.45, 7) is 2.52. The summed E-state index contributed by atoms with van der Waals surface area (Å²) in [6, 6.07) is 15.2. The van der Waals surface area contributed by atoms with E-state index in [-0.39, 0.29) is 0 Å². The lowest BCUT2D eigenvalue weighted by Crippen LogP contribution is -1.99. The summed E-state index contributed by atoms with van der Waals surface area (Å²) in [5, 5.41) is 10.7. The summed E-state index contributed by atoms with van der Waals surface area (Å²) in [6.07, 6.45) is 1.29. The van der Waals surface area contributed by atoms with Crippen LogP contribution in [0.5, 0.6) is 5.75 Å². The molecule has 1 N–H and O–H groups in total. The van der Waals surface area contributed by atoms with Crippen molar-refractivity contribution in [3.63, 3.8) is 0 Å². The molecule has 2 aromatic carbocycles. The van der Waals surface area contributed by atoms with Crippen LogP contribution in [0.3, 0.4) is 0 Å². The van der Waals surface area contributed by atoms with Crippen LogP contribution in [-0.2, 0) is 6.61 Å². The van der Waals surface area contributed by atoms with Crippen LogP contribution < -0.4 is 4.74 Å². The number of benzene rings is 2. The highest BCUT2D eigenvalue weighted by Crippen LogP contribution is 2.23. The number of halogens is 1. The number of aliphatic hydroxyl groups excluding tert-OH is 1. The average Bonchev–Trinajstić information content (AvgIpc) is 2.46. The summed E-state index contributed by atoms with van der Waals surface area (Å²) in [5.41, 5.74) is 1.92. The number of hydrogen-bond donors (Lipinski definition) is 1. The standard InChI is InChI=1S/C17H19ClO2/c1-2-5-17(19)14-7-4-9-16(11-14)20-12-13-6-3-8-15(18)10-13/h3-4,6-11,17,19H,2,5,12H2,1H3. The summed E-state index contributed by atoms with van der Waals surface area (Å²) in [5.74, 6) is 0.762. The molecule has 0 aromatic heterocycles. The molecule has 0 amide bonds. The van der Waals surface area contributed by atoms with E-state index in [9.17, 15) is 5.11 Å². The van der Waals surface area contributed by atoms with Gasteiger partial charge in [0.25, 0.3) is 0 Å². The van der Waals surface area contributed by atoms with Crippen LogP contribution in [0.25, 0.3) is 0 Å². The fourth-order valence-electron chi connectivity index (χ4n) is 2.05. The van der Waals surface area contributed by atoms with Gasteiger partial charge in [0.1, 0.15) is 12.4 Å². The van der Waals surface area contributed by atoms with E-state index in [0.717, 1.165) is 29.7 Å². The van der Waals surface area contributed by atoms with E-state index in [1.807, 2.05) is 48.5 Å².